The van der Waals surface area contributed by atoms with Crippen molar-refractivity contribution in [2.75, 3.05) is 9.80 Å². The van der Waals surface area contributed by atoms with Crippen molar-refractivity contribution >= 4 is 88.8 Å². The van der Waals surface area contributed by atoms with Crippen LogP contribution in [-0.2, 0) is 0 Å². The number of fused-ring (bicyclic) bond motifs is 7. The molecule has 292 valence electrons. The minimum absolute atomic E-state index is 0.871. The Hall–Kier alpha value is -8.34. The highest BCUT2D eigenvalue weighted by atomic mass is 16.3. The maximum atomic E-state index is 6.22. The molecule has 4 heteroatoms. The van der Waals surface area contributed by atoms with Gasteiger partial charge in [0.2, 0.25) is 0 Å². The van der Waals surface area contributed by atoms with E-state index in [0.717, 1.165) is 89.1 Å². The molecule has 0 bridgehead atoms. The summed E-state index contributed by atoms with van der Waals surface area (Å²) in [6.07, 6.45) is 0. The van der Waals surface area contributed by atoms with E-state index in [1.54, 1.807) is 0 Å². The van der Waals surface area contributed by atoms with Crippen LogP contribution >= 0.6 is 0 Å². The highest BCUT2D eigenvalue weighted by Crippen LogP contribution is 2.43. The zero-order chi connectivity index (χ0) is 41.0. The molecule has 4 nitrogen and oxygen atoms in total. The molecule has 0 atom stereocenters. The SMILES string of the molecule is c1ccc(N(c2ccc(-c3ccc(-c4ccc(N(c5ccc6oc7ccccc7c6c5)c5ccc6oc7ccccc7c6c5)cc4)cc3)cc2)c2cccc3ccccc23)cc1. The first-order chi connectivity index (χ1) is 30.7. The molecule has 0 aliphatic rings. The van der Waals surface area contributed by atoms with Crippen molar-refractivity contribution in [3.05, 3.63) is 231 Å². The Labute approximate surface area is 358 Å². The van der Waals surface area contributed by atoms with Crippen LogP contribution in [0.1, 0.15) is 0 Å². The van der Waals surface area contributed by atoms with Crippen molar-refractivity contribution < 1.29 is 8.83 Å². The predicted octanol–water partition coefficient (Wildman–Crippen LogP) is 16.9. The molecule has 12 rings (SSSR count). The molecule has 0 unspecified atom stereocenters. The quantitative estimate of drug-likeness (QED) is 0.153. The summed E-state index contributed by atoms with van der Waals surface area (Å²) in [6, 6.07) is 81.7. The van der Waals surface area contributed by atoms with Crippen molar-refractivity contribution in [2.45, 2.75) is 0 Å². The molecule has 12 aromatic rings. The second kappa shape index (κ2) is 14.7. The van der Waals surface area contributed by atoms with Gasteiger partial charge in [0.1, 0.15) is 22.3 Å². The lowest BCUT2D eigenvalue weighted by atomic mass is 9.99. The van der Waals surface area contributed by atoms with Gasteiger partial charge in [-0.25, -0.2) is 0 Å². The Balaban J connectivity index is 0.868. The fraction of sp³-hybridized carbons (Fsp3) is 0. The van der Waals surface area contributed by atoms with E-state index in [4.69, 9.17) is 8.83 Å². The molecule has 0 aliphatic heterocycles. The molecule has 0 radical (unpaired) electrons. The van der Waals surface area contributed by atoms with Crippen LogP contribution in [0.3, 0.4) is 0 Å². The van der Waals surface area contributed by atoms with Crippen LogP contribution < -0.4 is 9.80 Å². The Morgan fingerprint density at radius 2 is 0.629 bits per heavy atom. The number of para-hydroxylation sites is 3. The van der Waals surface area contributed by atoms with Gasteiger partial charge in [0.05, 0.1) is 5.69 Å². The Bertz CT molecular complexity index is 3450. The second-order valence-corrected chi connectivity index (χ2v) is 15.7. The first-order valence-corrected chi connectivity index (χ1v) is 21.0. The van der Waals surface area contributed by atoms with Crippen LogP contribution in [0.5, 0.6) is 0 Å². The molecule has 2 heterocycles. The van der Waals surface area contributed by atoms with Crippen LogP contribution in [0.4, 0.5) is 34.1 Å². The Kier molecular flexibility index (Phi) is 8.46. The van der Waals surface area contributed by atoms with Gasteiger partial charge in [-0.05, 0) is 119 Å². The summed E-state index contributed by atoms with van der Waals surface area (Å²) in [7, 11) is 0. The van der Waals surface area contributed by atoms with E-state index in [1.807, 2.05) is 24.3 Å². The molecule has 2 aromatic heterocycles. The topological polar surface area (TPSA) is 32.8 Å². The van der Waals surface area contributed by atoms with Crippen LogP contribution in [0.25, 0.3) is 76.9 Å². The number of rotatable bonds is 8. The summed E-state index contributed by atoms with van der Waals surface area (Å²) in [5.41, 5.74) is 14.7. The summed E-state index contributed by atoms with van der Waals surface area (Å²) < 4.78 is 12.4. The minimum Gasteiger partial charge on any atom is -0.456 e. The zero-order valence-electron chi connectivity index (χ0n) is 33.7. The lowest BCUT2D eigenvalue weighted by Gasteiger charge is -2.27. The molecular formula is C58H38N2O2. The summed E-state index contributed by atoms with van der Waals surface area (Å²) in [5, 5.41) is 6.81. The van der Waals surface area contributed by atoms with Gasteiger partial charge in [0, 0.05) is 55.4 Å². The number of furan rings is 2. The molecule has 0 fully saturated rings. The first-order valence-electron chi connectivity index (χ1n) is 21.0. The van der Waals surface area contributed by atoms with Crippen LogP contribution in [-0.4, -0.2) is 0 Å². The van der Waals surface area contributed by atoms with E-state index >= 15 is 0 Å². The summed E-state index contributed by atoms with van der Waals surface area (Å²) in [5.74, 6) is 0. The summed E-state index contributed by atoms with van der Waals surface area (Å²) >= 11 is 0. The van der Waals surface area contributed by atoms with Gasteiger partial charge in [0.25, 0.3) is 0 Å². The van der Waals surface area contributed by atoms with Crippen molar-refractivity contribution in [3.8, 4) is 22.3 Å². The van der Waals surface area contributed by atoms with Crippen molar-refractivity contribution in [1.29, 1.82) is 0 Å². The summed E-state index contributed by atoms with van der Waals surface area (Å²) in [6.45, 7) is 0. The number of hydrogen-bond donors (Lipinski definition) is 0. The smallest absolute Gasteiger partial charge is 0.135 e. The van der Waals surface area contributed by atoms with Gasteiger partial charge < -0.3 is 18.6 Å². The normalized spacial score (nSPS) is 11.5. The lowest BCUT2D eigenvalue weighted by Crippen LogP contribution is -2.10. The molecule has 0 saturated heterocycles. The van der Waals surface area contributed by atoms with Gasteiger partial charge >= 0.3 is 0 Å². The number of hydrogen-bond acceptors (Lipinski definition) is 4. The predicted molar refractivity (Wildman–Crippen MR) is 259 cm³/mol. The van der Waals surface area contributed by atoms with Crippen LogP contribution in [0, 0.1) is 0 Å². The summed E-state index contributed by atoms with van der Waals surface area (Å²) in [4.78, 5) is 4.66. The lowest BCUT2D eigenvalue weighted by molar-refractivity contribution is 0.668. The molecule has 0 saturated carbocycles. The largest absolute Gasteiger partial charge is 0.456 e. The van der Waals surface area contributed by atoms with Gasteiger partial charge in [0.15, 0.2) is 0 Å². The van der Waals surface area contributed by atoms with E-state index in [1.165, 1.54) is 21.9 Å². The third kappa shape index (κ3) is 6.16. The van der Waals surface area contributed by atoms with E-state index in [9.17, 15) is 0 Å². The number of nitrogens with zero attached hydrogens (tertiary/aromatic N) is 2. The van der Waals surface area contributed by atoms with Gasteiger partial charge in [-0.1, -0.05) is 140 Å². The zero-order valence-corrected chi connectivity index (χ0v) is 33.7. The third-order valence-corrected chi connectivity index (χ3v) is 12.1. The highest BCUT2D eigenvalue weighted by molar-refractivity contribution is 6.08. The Morgan fingerprint density at radius 1 is 0.242 bits per heavy atom. The van der Waals surface area contributed by atoms with Crippen LogP contribution in [0.2, 0.25) is 0 Å². The first kappa shape index (κ1) is 35.6. The average molecular weight is 795 g/mol. The fourth-order valence-corrected chi connectivity index (χ4v) is 9.02. The Morgan fingerprint density at radius 3 is 1.18 bits per heavy atom. The van der Waals surface area contributed by atoms with Crippen molar-refractivity contribution in [2.24, 2.45) is 0 Å². The number of benzene rings is 10. The van der Waals surface area contributed by atoms with E-state index in [-0.39, 0.29) is 0 Å². The van der Waals surface area contributed by atoms with Gasteiger partial charge in [-0.2, -0.15) is 0 Å². The molecule has 0 spiro atoms. The minimum atomic E-state index is 0.871. The van der Waals surface area contributed by atoms with E-state index in [0.29, 0.717) is 0 Å². The number of anilines is 6. The van der Waals surface area contributed by atoms with Crippen molar-refractivity contribution in [3.63, 3.8) is 0 Å². The molecular weight excluding hydrogens is 757 g/mol. The van der Waals surface area contributed by atoms with E-state index < -0.39 is 0 Å². The average Bonchev–Trinajstić information content (AvgIpc) is 3.91. The van der Waals surface area contributed by atoms with Crippen molar-refractivity contribution in [1.82, 2.24) is 0 Å². The van der Waals surface area contributed by atoms with E-state index in [2.05, 4.69) is 216 Å². The molecule has 0 N–H and O–H groups in total. The molecule has 62 heavy (non-hydrogen) atoms. The maximum Gasteiger partial charge on any atom is 0.135 e. The fourth-order valence-electron chi connectivity index (χ4n) is 9.02. The highest BCUT2D eigenvalue weighted by Gasteiger charge is 2.19. The maximum absolute atomic E-state index is 6.22. The third-order valence-electron chi connectivity index (χ3n) is 12.1. The molecule has 0 aliphatic carbocycles. The standard InChI is InChI=1S/C58H38N2O2/c1-2-13-44(14-3-1)60(54-18-10-12-43-11-4-5-15-49(43)54)46-31-27-42(28-32-46)40-23-21-39(22-24-40)41-25-29-45(30-26-41)59(47-33-35-57-52(37-47)50-16-6-8-19-55(50)61-57)48-34-36-58-53(38-48)51-17-7-9-20-56(51)62-58/h1-38H. The monoisotopic (exact) mass is 794 g/mol. The van der Waals surface area contributed by atoms with Gasteiger partial charge in [-0.3, -0.25) is 0 Å². The second-order valence-electron chi connectivity index (χ2n) is 15.7. The molecule has 10 aromatic carbocycles. The van der Waals surface area contributed by atoms with Gasteiger partial charge in [-0.15, -0.1) is 0 Å². The molecule has 0 amide bonds. The van der Waals surface area contributed by atoms with Crippen LogP contribution in [0.15, 0.2) is 239 Å².